The van der Waals surface area contributed by atoms with E-state index >= 15 is 0 Å². The Kier molecular flexibility index (Phi) is 10.2. The molecule has 2 rings (SSSR count). The monoisotopic (exact) mass is 410 g/mol. The second-order valence-corrected chi connectivity index (χ2v) is 7.00. The van der Waals surface area contributed by atoms with E-state index in [1.807, 2.05) is 24.3 Å². The number of unbranched alkanes of at least 4 members (excludes halogenated alkanes) is 5. The van der Waals surface area contributed by atoms with E-state index in [0.717, 1.165) is 38.5 Å². The van der Waals surface area contributed by atoms with Gasteiger partial charge in [0, 0.05) is 6.08 Å². The fourth-order valence-electron chi connectivity index (χ4n) is 2.99. The summed E-state index contributed by atoms with van der Waals surface area (Å²) in [5, 5.41) is 0. The van der Waals surface area contributed by atoms with Gasteiger partial charge in [0.1, 0.15) is 11.5 Å². The van der Waals surface area contributed by atoms with Crippen LogP contribution in [-0.4, -0.2) is 25.7 Å². The zero-order chi connectivity index (χ0) is 21.6. The predicted octanol–water partition coefficient (Wildman–Crippen LogP) is 5.53. The van der Waals surface area contributed by atoms with Crippen molar-refractivity contribution >= 4 is 11.9 Å². The molecule has 0 spiro atoms. The van der Waals surface area contributed by atoms with Gasteiger partial charge in [-0.3, -0.25) is 0 Å². The van der Waals surface area contributed by atoms with Gasteiger partial charge >= 0.3 is 11.9 Å². The lowest BCUT2D eigenvalue weighted by atomic mass is 10.0. The molecule has 160 valence electrons. The summed E-state index contributed by atoms with van der Waals surface area (Å²) >= 11 is 0. The minimum absolute atomic E-state index is 0.352. The van der Waals surface area contributed by atoms with Crippen LogP contribution in [0.5, 0.6) is 11.5 Å². The van der Waals surface area contributed by atoms with Crippen LogP contribution in [-0.2, 0) is 16.0 Å². The van der Waals surface area contributed by atoms with Gasteiger partial charge in [-0.1, -0.05) is 44.4 Å². The van der Waals surface area contributed by atoms with Gasteiger partial charge in [0.25, 0.3) is 0 Å². The summed E-state index contributed by atoms with van der Waals surface area (Å²) in [4.78, 5) is 23.2. The minimum Gasteiger partial charge on any atom is -0.497 e. The highest BCUT2D eigenvalue weighted by molar-refractivity contribution is 5.91. The fourth-order valence-corrected chi connectivity index (χ4v) is 2.99. The van der Waals surface area contributed by atoms with Crippen LogP contribution in [0.1, 0.15) is 54.4 Å². The molecule has 0 radical (unpaired) electrons. The number of benzene rings is 2. The molecule has 0 N–H and O–H groups in total. The molecule has 5 heteroatoms. The van der Waals surface area contributed by atoms with Crippen molar-refractivity contribution in [3.8, 4) is 11.5 Å². The van der Waals surface area contributed by atoms with Gasteiger partial charge in [-0.15, -0.1) is 0 Å². The van der Waals surface area contributed by atoms with Crippen LogP contribution in [0.25, 0.3) is 0 Å². The van der Waals surface area contributed by atoms with Gasteiger partial charge in [-0.25, -0.2) is 9.59 Å². The molecular formula is C25H30O5. The summed E-state index contributed by atoms with van der Waals surface area (Å²) < 4.78 is 15.4. The Hall–Kier alpha value is -3.08. The first-order valence-electron chi connectivity index (χ1n) is 10.4. The Morgan fingerprint density at radius 3 is 2.07 bits per heavy atom. The van der Waals surface area contributed by atoms with Crippen LogP contribution in [0.2, 0.25) is 0 Å². The molecule has 0 aromatic heterocycles. The van der Waals surface area contributed by atoms with Crippen LogP contribution in [0, 0.1) is 0 Å². The van der Waals surface area contributed by atoms with Crippen molar-refractivity contribution in [1.29, 1.82) is 0 Å². The first kappa shape index (κ1) is 23.2. The lowest BCUT2D eigenvalue weighted by Crippen LogP contribution is -2.08. The zero-order valence-electron chi connectivity index (χ0n) is 17.6. The van der Waals surface area contributed by atoms with Crippen LogP contribution < -0.4 is 9.47 Å². The molecule has 0 aliphatic heterocycles. The molecule has 5 nitrogen and oxygen atoms in total. The number of ether oxygens (including phenoxy) is 3. The molecule has 0 aliphatic carbocycles. The maximum absolute atomic E-state index is 12.3. The molecular weight excluding hydrogens is 380 g/mol. The summed E-state index contributed by atoms with van der Waals surface area (Å²) in [6, 6.07) is 14.5. The topological polar surface area (TPSA) is 61.8 Å². The molecule has 0 heterocycles. The van der Waals surface area contributed by atoms with Crippen molar-refractivity contribution in [1.82, 2.24) is 0 Å². The summed E-state index contributed by atoms with van der Waals surface area (Å²) in [7, 11) is 1.59. The summed E-state index contributed by atoms with van der Waals surface area (Å²) in [6.07, 6.45) is 8.72. The first-order chi connectivity index (χ1) is 14.6. The van der Waals surface area contributed by atoms with Crippen LogP contribution >= 0.6 is 0 Å². The highest BCUT2D eigenvalue weighted by atomic mass is 16.5. The molecule has 2 aromatic carbocycles. The third-order valence-corrected chi connectivity index (χ3v) is 4.73. The predicted molar refractivity (Wildman–Crippen MR) is 117 cm³/mol. The number of hydrogen-bond acceptors (Lipinski definition) is 5. The van der Waals surface area contributed by atoms with Crippen molar-refractivity contribution in [3.63, 3.8) is 0 Å². The minimum atomic E-state index is -0.370. The van der Waals surface area contributed by atoms with Crippen molar-refractivity contribution in [3.05, 3.63) is 72.3 Å². The average molecular weight is 411 g/mol. The van der Waals surface area contributed by atoms with Gasteiger partial charge in [0.15, 0.2) is 0 Å². The largest absolute Gasteiger partial charge is 0.497 e. The number of rotatable bonds is 13. The van der Waals surface area contributed by atoms with E-state index in [1.54, 1.807) is 31.4 Å². The van der Waals surface area contributed by atoms with E-state index in [0.29, 0.717) is 23.7 Å². The number of methoxy groups -OCH3 is 1. The van der Waals surface area contributed by atoms with E-state index < -0.39 is 0 Å². The Morgan fingerprint density at radius 2 is 1.43 bits per heavy atom. The quantitative estimate of drug-likeness (QED) is 0.188. The van der Waals surface area contributed by atoms with Gasteiger partial charge in [-0.05, 0) is 61.2 Å². The molecule has 0 unspecified atom stereocenters. The number of carbonyl (C=O) groups is 2. The lowest BCUT2D eigenvalue weighted by molar-refractivity contribution is -0.137. The van der Waals surface area contributed by atoms with Crippen molar-refractivity contribution in [2.75, 3.05) is 13.7 Å². The third kappa shape index (κ3) is 8.52. The Morgan fingerprint density at radius 1 is 0.833 bits per heavy atom. The van der Waals surface area contributed by atoms with E-state index in [1.165, 1.54) is 18.1 Å². The maximum Gasteiger partial charge on any atom is 0.343 e. The second-order valence-electron chi connectivity index (χ2n) is 7.00. The number of carbonyl (C=O) groups excluding carboxylic acids is 2. The van der Waals surface area contributed by atoms with E-state index in [9.17, 15) is 9.59 Å². The molecule has 0 bridgehead atoms. The number of aryl methyl sites for hydroxylation is 1. The van der Waals surface area contributed by atoms with Crippen molar-refractivity contribution in [2.45, 2.75) is 44.9 Å². The maximum atomic E-state index is 12.3. The second kappa shape index (κ2) is 13.2. The van der Waals surface area contributed by atoms with Gasteiger partial charge in [0.2, 0.25) is 0 Å². The van der Waals surface area contributed by atoms with E-state index in [2.05, 4.69) is 6.58 Å². The van der Waals surface area contributed by atoms with Crippen molar-refractivity contribution in [2.24, 2.45) is 0 Å². The van der Waals surface area contributed by atoms with Gasteiger partial charge in [0.05, 0.1) is 19.3 Å². The molecule has 2 aromatic rings. The molecule has 0 amide bonds. The van der Waals surface area contributed by atoms with Crippen LogP contribution in [0.3, 0.4) is 0 Å². The SMILES string of the molecule is C=CC(=O)OCCCCCCCCc1ccc(C(=O)Oc2ccc(OC)cc2)cc1. The highest BCUT2D eigenvalue weighted by Gasteiger charge is 2.08. The first-order valence-corrected chi connectivity index (χ1v) is 10.4. The molecule has 0 aliphatic rings. The van der Waals surface area contributed by atoms with Gasteiger partial charge in [-0.2, -0.15) is 0 Å². The Balaban J connectivity index is 1.61. The van der Waals surface area contributed by atoms with E-state index in [-0.39, 0.29) is 11.9 Å². The molecule has 30 heavy (non-hydrogen) atoms. The third-order valence-electron chi connectivity index (χ3n) is 4.73. The van der Waals surface area contributed by atoms with E-state index in [4.69, 9.17) is 14.2 Å². The Labute approximate surface area is 178 Å². The molecule has 0 saturated carbocycles. The number of hydrogen-bond donors (Lipinski definition) is 0. The smallest absolute Gasteiger partial charge is 0.343 e. The van der Waals surface area contributed by atoms with Crippen LogP contribution in [0.4, 0.5) is 0 Å². The van der Waals surface area contributed by atoms with Gasteiger partial charge < -0.3 is 14.2 Å². The fraction of sp³-hybridized carbons (Fsp3) is 0.360. The average Bonchev–Trinajstić information content (AvgIpc) is 2.78. The zero-order valence-corrected chi connectivity index (χ0v) is 17.6. The summed E-state index contributed by atoms with van der Waals surface area (Å²) in [5.74, 6) is 0.484. The summed E-state index contributed by atoms with van der Waals surface area (Å²) in [5.41, 5.74) is 1.75. The van der Waals surface area contributed by atoms with Crippen molar-refractivity contribution < 1.29 is 23.8 Å². The van der Waals surface area contributed by atoms with Crippen LogP contribution in [0.15, 0.2) is 61.2 Å². The number of esters is 2. The highest BCUT2D eigenvalue weighted by Crippen LogP contribution is 2.19. The standard InChI is InChI=1S/C25H30O5/c1-3-24(26)29-19-9-7-5-4-6-8-10-20-11-13-21(14-12-20)25(27)30-23-17-15-22(28-2)16-18-23/h3,11-18H,1,4-10,19H2,2H3. The Bertz CT molecular complexity index is 793. The molecule has 0 atom stereocenters. The normalized spacial score (nSPS) is 10.3. The summed E-state index contributed by atoms with van der Waals surface area (Å²) in [6.45, 7) is 3.84. The molecule has 0 fully saturated rings. The lowest BCUT2D eigenvalue weighted by Gasteiger charge is -2.07. The molecule has 0 saturated heterocycles.